The molecule has 21 heavy (non-hydrogen) atoms. The van der Waals surface area contributed by atoms with Crippen LogP contribution in [-0.4, -0.2) is 32.4 Å². The van der Waals surface area contributed by atoms with E-state index >= 15 is 0 Å². The van der Waals surface area contributed by atoms with Crippen molar-refractivity contribution in [2.24, 2.45) is 0 Å². The molecular weight excluding hydrogens is 286 g/mol. The van der Waals surface area contributed by atoms with Crippen molar-refractivity contribution in [1.29, 1.82) is 0 Å². The van der Waals surface area contributed by atoms with Gasteiger partial charge in [-0.25, -0.2) is 8.42 Å². The number of nitrogens with zero attached hydrogens (tertiary/aromatic N) is 1. The van der Waals surface area contributed by atoms with Crippen LogP contribution in [0.1, 0.15) is 20.8 Å². The van der Waals surface area contributed by atoms with E-state index in [1.54, 1.807) is 12.1 Å². The molecule has 0 aromatic heterocycles. The first kappa shape index (κ1) is 15.8. The maximum atomic E-state index is 12.8. The van der Waals surface area contributed by atoms with E-state index in [-0.39, 0.29) is 0 Å². The molecule has 5 heteroatoms. The van der Waals surface area contributed by atoms with Gasteiger partial charge in [0.05, 0.1) is 11.5 Å². The average Bonchev–Trinajstić information content (AvgIpc) is 2.48. The topological polar surface area (TPSA) is 46.6 Å². The van der Waals surface area contributed by atoms with Crippen LogP contribution in [-0.2, 0) is 10.0 Å². The first-order chi connectivity index (χ1) is 10.1. The van der Waals surface area contributed by atoms with E-state index in [1.165, 1.54) is 4.31 Å². The van der Waals surface area contributed by atoms with Crippen LogP contribution in [0, 0.1) is 0 Å². The second kappa shape index (κ2) is 6.45. The predicted octanol–water partition coefficient (Wildman–Crippen LogP) is 3.27. The van der Waals surface area contributed by atoms with Gasteiger partial charge in [0.1, 0.15) is 5.75 Å². The highest BCUT2D eigenvalue weighted by Gasteiger charge is 2.24. The summed E-state index contributed by atoms with van der Waals surface area (Å²) in [5.74, 6) is 0.714. The molecule has 2 aromatic carbocycles. The van der Waals surface area contributed by atoms with Gasteiger partial charge in [0.2, 0.25) is 10.0 Å². The molecule has 0 saturated heterocycles. The molecule has 0 unspecified atom stereocenters. The van der Waals surface area contributed by atoms with Gasteiger partial charge in [-0.3, -0.25) is 0 Å². The number of sulfonamides is 1. The number of fused-ring (bicyclic) bond motifs is 1. The van der Waals surface area contributed by atoms with Crippen molar-refractivity contribution in [3.05, 3.63) is 36.4 Å². The van der Waals surface area contributed by atoms with Gasteiger partial charge in [0.15, 0.2) is 0 Å². The summed E-state index contributed by atoms with van der Waals surface area (Å²) in [6.45, 7) is 7.07. The lowest BCUT2D eigenvalue weighted by Gasteiger charge is -2.20. The van der Waals surface area contributed by atoms with E-state index in [2.05, 4.69) is 0 Å². The number of rotatable bonds is 6. The summed E-state index contributed by atoms with van der Waals surface area (Å²) in [4.78, 5) is 0.338. The van der Waals surface area contributed by atoms with Crippen LogP contribution in [0.4, 0.5) is 0 Å². The average molecular weight is 307 g/mol. The summed E-state index contributed by atoms with van der Waals surface area (Å²) in [6, 6.07) is 10.8. The first-order valence-corrected chi connectivity index (χ1v) is 8.64. The van der Waals surface area contributed by atoms with Gasteiger partial charge >= 0.3 is 0 Å². The third-order valence-electron chi connectivity index (χ3n) is 3.47. The van der Waals surface area contributed by atoms with E-state index in [1.807, 2.05) is 45.0 Å². The predicted molar refractivity (Wildman–Crippen MR) is 85.2 cm³/mol. The molecule has 4 nitrogen and oxygen atoms in total. The van der Waals surface area contributed by atoms with Crippen LogP contribution < -0.4 is 4.74 Å². The Balaban J connectivity index is 2.69. The minimum atomic E-state index is -3.48. The molecule has 0 N–H and O–H groups in total. The molecule has 0 heterocycles. The number of ether oxygens (including phenoxy) is 1. The molecule has 0 fully saturated rings. The molecule has 0 aliphatic rings. The Bertz CT molecular complexity index is 721. The summed E-state index contributed by atoms with van der Waals surface area (Å²) in [5.41, 5.74) is 0. The molecule has 114 valence electrons. The smallest absolute Gasteiger partial charge is 0.243 e. The minimum absolute atomic E-state index is 0.338. The molecule has 0 spiro atoms. The molecule has 0 aliphatic heterocycles. The standard InChI is InChI=1S/C16H21NO3S/c1-4-17(5-2)21(18,19)16-12-11-15(20-6-3)13-9-7-8-10-14(13)16/h7-12H,4-6H2,1-3H3. The van der Waals surface area contributed by atoms with E-state index in [9.17, 15) is 8.42 Å². The third-order valence-corrected chi connectivity index (χ3v) is 5.58. The Morgan fingerprint density at radius 1 is 0.952 bits per heavy atom. The number of benzene rings is 2. The Hall–Kier alpha value is -1.59. The van der Waals surface area contributed by atoms with Crippen molar-refractivity contribution >= 4 is 20.8 Å². The van der Waals surface area contributed by atoms with Crippen LogP contribution in [0.25, 0.3) is 10.8 Å². The van der Waals surface area contributed by atoms with E-state index in [0.717, 1.165) is 5.39 Å². The second-order valence-electron chi connectivity index (χ2n) is 4.63. The van der Waals surface area contributed by atoms with Crippen molar-refractivity contribution in [3.8, 4) is 5.75 Å². The fourth-order valence-corrected chi connectivity index (χ4v) is 4.11. The highest BCUT2D eigenvalue weighted by molar-refractivity contribution is 7.89. The largest absolute Gasteiger partial charge is 0.493 e. The molecule has 0 atom stereocenters. The van der Waals surface area contributed by atoms with Crippen LogP contribution >= 0.6 is 0 Å². The zero-order valence-corrected chi connectivity index (χ0v) is 13.5. The molecule has 0 aliphatic carbocycles. The zero-order chi connectivity index (χ0) is 15.5. The summed E-state index contributed by atoms with van der Waals surface area (Å²) in [6.07, 6.45) is 0. The van der Waals surface area contributed by atoms with Gasteiger partial charge in [-0.2, -0.15) is 4.31 Å². The van der Waals surface area contributed by atoms with Gasteiger partial charge in [-0.1, -0.05) is 38.1 Å². The van der Waals surface area contributed by atoms with Gasteiger partial charge in [-0.15, -0.1) is 0 Å². The Morgan fingerprint density at radius 3 is 2.14 bits per heavy atom. The SMILES string of the molecule is CCOc1ccc(S(=O)(=O)N(CC)CC)c2ccccc12. The Morgan fingerprint density at radius 2 is 1.57 bits per heavy atom. The number of hydrogen-bond donors (Lipinski definition) is 0. The summed E-state index contributed by atoms with van der Waals surface area (Å²) < 4.78 is 32.6. The van der Waals surface area contributed by atoms with Gasteiger partial charge in [-0.05, 0) is 19.1 Å². The van der Waals surface area contributed by atoms with Crippen molar-refractivity contribution in [2.45, 2.75) is 25.7 Å². The van der Waals surface area contributed by atoms with Gasteiger partial charge < -0.3 is 4.74 Å². The van der Waals surface area contributed by atoms with Crippen molar-refractivity contribution in [2.75, 3.05) is 19.7 Å². The van der Waals surface area contributed by atoms with E-state index in [4.69, 9.17) is 4.74 Å². The summed E-state index contributed by atoms with van der Waals surface area (Å²) in [5, 5.41) is 1.53. The molecule has 0 bridgehead atoms. The maximum Gasteiger partial charge on any atom is 0.243 e. The van der Waals surface area contributed by atoms with E-state index < -0.39 is 10.0 Å². The van der Waals surface area contributed by atoms with Crippen LogP contribution in [0.5, 0.6) is 5.75 Å². The van der Waals surface area contributed by atoms with Gasteiger partial charge in [0.25, 0.3) is 0 Å². The second-order valence-corrected chi connectivity index (χ2v) is 6.54. The molecule has 0 amide bonds. The monoisotopic (exact) mass is 307 g/mol. The van der Waals surface area contributed by atoms with Crippen LogP contribution in [0.3, 0.4) is 0 Å². The lowest BCUT2D eigenvalue weighted by molar-refractivity contribution is 0.344. The normalized spacial score (nSPS) is 12.0. The molecular formula is C16H21NO3S. The molecule has 2 aromatic rings. The lowest BCUT2D eigenvalue weighted by atomic mass is 10.1. The minimum Gasteiger partial charge on any atom is -0.493 e. The molecule has 0 radical (unpaired) electrons. The summed E-state index contributed by atoms with van der Waals surface area (Å²) >= 11 is 0. The first-order valence-electron chi connectivity index (χ1n) is 7.20. The fraction of sp³-hybridized carbons (Fsp3) is 0.375. The number of hydrogen-bond acceptors (Lipinski definition) is 3. The zero-order valence-electron chi connectivity index (χ0n) is 12.7. The third kappa shape index (κ3) is 2.89. The molecule has 2 rings (SSSR count). The maximum absolute atomic E-state index is 12.8. The quantitative estimate of drug-likeness (QED) is 0.823. The van der Waals surface area contributed by atoms with Gasteiger partial charge in [0, 0.05) is 23.9 Å². The van der Waals surface area contributed by atoms with Crippen molar-refractivity contribution < 1.29 is 13.2 Å². The fourth-order valence-electron chi connectivity index (χ4n) is 2.45. The Kier molecular flexibility index (Phi) is 4.85. The van der Waals surface area contributed by atoms with Crippen LogP contribution in [0.2, 0.25) is 0 Å². The van der Waals surface area contributed by atoms with Crippen molar-refractivity contribution in [1.82, 2.24) is 4.31 Å². The van der Waals surface area contributed by atoms with Crippen LogP contribution in [0.15, 0.2) is 41.3 Å². The Labute approximate surface area is 126 Å². The highest BCUT2D eigenvalue weighted by atomic mass is 32.2. The lowest BCUT2D eigenvalue weighted by Crippen LogP contribution is -2.30. The molecule has 0 saturated carbocycles. The van der Waals surface area contributed by atoms with E-state index in [0.29, 0.717) is 35.7 Å². The van der Waals surface area contributed by atoms with Crippen molar-refractivity contribution in [3.63, 3.8) is 0 Å². The summed E-state index contributed by atoms with van der Waals surface area (Å²) in [7, 11) is -3.48. The highest BCUT2D eigenvalue weighted by Crippen LogP contribution is 2.32.